The van der Waals surface area contributed by atoms with Gasteiger partial charge < -0.3 is 29.0 Å². The maximum Gasteiger partial charge on any atom is 0.295 e. The molecule has 3 aromatic carbocycles. The van der Waals surface area contributed by atoms with Gasteiger partial charge in [-0.15, -0.1) is 0 Å². The third-order valence-corrected chi connectivity index (χ3v) is 6.42. The molecule has 0 aliphatic carbocycles. The Bertz CT molecular complexity index is 1350. The van der Waals surface area contributed by atoms with Crippen molar-refractivity contribution in [1.29, 1.82) is 0 Å². The molecule has 38 heavy (non-hydrogen) atoms. The highest BCUT2D eigenvalue weighted by molar-refractivity contribution is 6.46. The van der Waals surface area contributed by atoms with E-state index >= 15 is 0 Å². The van der Waals surface area contributed by atoms with Crippen LogP contribution in [0.25, 0.3) is 5.76 Å². The van der Waals surface area contributed by atoms with Gasteiger partial charge in [-0.1, -0.05) is 35.9 Å². The van der Waals surface area contributed by atoms with Crippen LogP contribution < -0.4 is 14.2 Å². The van der Waals surface area contributed by atoms with E-state index < -0.39 is 17.7 Å². The minimum Gasteiger partial charge on any atom is -0.507 e. The van der Waals surface area contributed by atoms with E-state index in [4.69, 9.17) is 18.9 Å². The summed E-state index contributed by atoms with van der Waals surface area (Å²) in [4.78, 5) is 27.6. The Kier molecular flexibility index (Phi) is 8.33. The van der Waals surface area contributed by atoms with Crippen molar-refractivity contribution in [3.05, 3.63) is 94.6 Å². The molecular weight excluding hydrogens is 486 g/mol. The number of methoxy groups -OCH3 is 3. The first-order valence-corrected chi connectivity index (χ1v) is 12.2. The third-order valence-electron chi connectivity index (χ3n) is 6.42. The van der Waals surface area contributed by atoms with Crippen molar-refractivity contribution in [2.24, 2.45) is 0 Å². The van der Waals surface area contributed by atoms with Crippen molar-refractivity contribution in [3.8, 4) is 17.2 Å². The summed E-state index contributed by atoms with van der Waals surface area (Å²) in [5.74, 6) is -0.184. The zero-order chi connectivity index (χ0) is 27.2. The normalized spacial score (nSPS) is 16.5. The lowest BCUT2D eigenvalue weighted by Crippen LogP contribution is -2.32. The summed E-state index contributed by atoms with van der Waals surface area (Å²) in [7, 11) is 4.55. The lowest BCUT2D eigenvalue weighted by molar-refractivity contribution is -0.140. The topological polar surface area (TPSA) is 94.5 Å². The number of benzene rings is 3. The molecule has 198 valence electrons. The summed E-state index contributed by atoms with van der Waals surface area (Å²) in [6.07, 6.45) is 0. The predicted molar refractivity (Wildman–Crippen MR) is 142 cm³/mol. The van der Waals surface area contributed by atoms with Crippen LogP contribution in [0.3, 0.4) is 0 Å². The van der Waals surface area contributed by atoms with Gasteiger partial charge in [0.2, 0.25) is 0 Å². The molecule has 0 saturated carbocycles. The first kappa shape index (κ1) is 26.8. The Morgan fingerprint density at radius 1 is 0.921 bits per heavy atom. The van der Waals surface area contributed by atoms with Crippen LogP contribution in [-0.4, -0.2) is 56.2 Å². The molecule has 4 rings (SSSR count). The molecule has 1 aliphatic heterocycles. The van der Waals surface area contributed by atoms with E-state index in [1.54, 1.807) is 42.5 Å². The molecule has 1 amide bonds. The predicted octanol–water partition coefficient (Wildman–Crippen LogP) is 4.66. The van der Waals surface area contributed by atoms with Crippen LogP contribution in [0.15, 0.2) is 72.3 Å². The Balaban J connectivity index is 1.68. The van der Waals surface area contributed by atoms with E-state index in [0.29, 0.717) is 35.0 Å². The summed E-state index contributed by atoms with van der Waals surface area (Å²) < 4.78 is 21.8. The largest absolute Gasteiger partial charge is 0.507 e. The van der Waals surface area contributed by atoms with E-state index in [2.05, 4.69) is 6.07 Å². The fourth-order valence-corrected chi connectivity index (χ4v) is 4.50. The molecule has 0 spiro atoms. The Labute approximate surface area is 222 Å². The number of Topliss-reactive ketones (excluding diaryl/α,β-unsaturated/α-hetero) is 1. The quantitative estimate of drug-likeness (QED) is 0.237. The highest BCUT2D eigenvalue weighted by atomic mass is 16.5. The van der Waals surface area contributed by atoms with Crippen molar-refractivity contribution in [2.45, 2.75) is 19.6 Å². The molecule has 8 nitrogen and oxygen atoms in total. The molecule has 1 aliphatic rings. The second-order valence-corrected chi connectivity index (χ2v) is 8.90. The SMILES string of the molecule is COCCN1C(=O)C(=O)/C(=C(/O)c2ccc(OCc3cccc(C)c3)cc2)C1c1ccc(OC)c(OC)c1. The summed E-state index contributed by atoms with van der Waals surface area (Å²) in [6.45, 7) is 2.82. The number of aliphatic hydroxyl groups excluding tert-OH is 1. The van der Waals surface area contributed by atoms with Gasteiger partial charge in [0.15, 0.2) is 11.5 Å². The highest BCUT2D eigenvalue weighted by Crippen LogP contribution is 2.42. The Morgan fingerprint density at radius 3 is 2.32 bits per heavy atom. The fourth-order valence-electron chi connectivity index (χ4n) is 4.50. The summed E-state index contributed by atoms with van der Waals surface area (Å²) >= 11 is 0. The van der Waals surface area contributed by atoms with Crippen LogP contribution in [0.5, 0.6) is 17.2 Å². The highest BCUT2D eigenvalue weighted by Gasteiger charge is 2.46. The van der Waals surface area contributed by atoms with Crippen LogP contribution in [-0.2, 0) is 20.9 Å². The van der Waals surface area contributed by atoms with Crippen molar-refractivity contribution >= 4 is 17.4 Å². The first-order valence-electron chi connectivity index (χ1n) is 12.2. The summed E-state index contributed by atoms with van der Waals surface area (Å²) in [5.41, 5.74) is 3.17. The molecule has 1 atom stereocenters. The smallest absolute Gasteiger partial charge is 0.295 e. The summed E-state index contributed by atoms with van der Waals surface area (Å²) in [5, 5.41) is 11.3. The van der Waals surface area contributed by atoms with Crippen LogP contribution in [0.2, 0.25) is 0 Å². The molecule has 0 aromatic heterocycles. The molecular formula is C30H31NO7. The average molecular weight is 518 g/mol. The lowest BCUT2D eigenvalue weighted by atomic mass is 9.95. The zero-order valence-corrected chi connectivity index (χ0v) is 21.9. The second kappa shape index (κ2) is 11.8. The summed E-state index contributed by atoms with van der Waals surface area (Å²) in [6, 6.07) is 19.1. The molecule has 1 unspecified atom stereocenters. The number of hydrogen-bond acceptors (Lipinski definition) is 7. The first-order chi connectivity index (χ1) is 18.4. The number of nitrogens with zero attached hydrogens (tertiary/aromatic N) is 1. The Morgan fingerprint density at radius 2 is 1.66 bits per heavy atom. The number of amides is 1. The number of ether oxygens (including phenoxy) is 4. The van der Waals surface area contributed by atoms with Crippen LogP contribution in [0, 0.1) is 6.92 Å². The van der Waals surface area contributed by atoms with Gasteiger partial charge in [-0.2, -0.15) is 0 Å². The number of ketones is 1. The minimum absolute atomic E-state index is 0.00764. The van der Waals surface area contributed by atoms with Gasteiger partial charge in [0.1, 0.15) is 18.1 Å². The molecule has 3 aromatic rings. The van der Waals surface area contributed by atoms with Gasteiger partial charge >= 0.3 is 0 Å². The van der Waals surface area contributed by atoms with Crippen molar-refractivity contribution in [3.63, 3.8) is 0 Å². The third kappa shape index (κ3) is 5.50. The number of carbonyl (C=O) groups is 2. The van der Waals surface area contributed by atoms with E-state index in [9.17, 15) is 14.7 Å². The maximum absolute atomic E-state index is 13.2. The van der Waals surface area contributed by atoms with Crippen LogP contribution in [0.4, 0.5) is 0 Å². The number of aryl methyl sites for hydroxylation is 1. The van der Waals surface area contributed by atoms with E-state index in [1.807, 2.05) is 25.1 Å². The van der Waals surface area contributed by atoms with Crippen LogP contribution >= 0.6 is 0 Å². The fraction of sp³-hybridized carbons (Fsp3) is 0.267. The number of likely N-dealkylation sites (tertiary alicyclic amines) is 1. The lowest BCUT2D eigenvalue weighted by Gasteiger charge is -2.25. The van der Waals surface area contributed by atoms with Gasteiger partial charge in [-0.05, 0) is 54.4 Å². The number of hydrogen-bond donors (Lipinski definition) is 1. The van der Waals surface area contributed by atoms with Crippen molar-refractivity contribution in [1.82, 2.24) is 4.90 Å². The monoisotopic (exact) mass is 517 g/mol. The van der Waals surface area contributed by atoms with Gasteiger partial charge in [0.25, 0.3) is 11.7 Å². The standard InChI is InChI=1S/C30H31NO7/c1-19-6-5-7-20(16-19)18-38-23-11-8-21(9-12-23)28(32)26-27(31(14-15-35-2)30(34)29(26)33)22-10-13-24(36-3)25(17-22)37-4/h5-13,16-17,27,32H,14-15,18H2,1-4H3/b28-26+. The Hall–Kier alpha value is -4.30. The van der Waals surface area contributed by atoms with Crippen molar-refractivity contribution < 1.29 is 33.6 Å². The van der Waals surface area contributed by atoms with Gasteiger partial charge in [-0.25, -0.2) is 0 Å². The molecule has 0 radical (unpaired) electrons. The average Bonchev–Trinajstić information content (AvgIpc) is 3.19. The minimum atomic E-state index is -0.831. The van der Waals surface area contributed by atoms with E-state index in [0.717, 1.165) is 11.1 Å². The molecule has 1 fully saturated rings. The molecule has 1 saturated heterocycles. The second-order valence-electron chi connectivity index (χ2n) is 8.90. The number of rotatable bonds is 10. The zero-order valence-electron chi connectivity index (χ0n) is 21.9. The molecule has 1 heterocycles. The van der Waals surface area contributed by atoms with Gasteiger partial charge in [-0.3, -0.25) is 9.59 Å². The van der Waals surface area contributed by atoms with Crippen LogP contribution in [0.1, 0.15) is 28.3 Å². The molecule has 0 bridgehead atoms. The van der Waals surface area contributed by atoms with E-state index in [1.165, 1.54) is 26.2 Å². The molecule has 8 heteroatoms. The van der Waals surface area contributed by atoms with Crippen molar-refractivity contribution in [2.75, 3.05) is 34.5 Å². The van der Waals surface area contributed by atoms with Gasteiger partial charge in [0, 0.05) is 19.2 Å². The van der Waals surface area contributed by atoms with Gasteiger partial charge in [0.05, 0.1) is 32.4 Å². The number of aliphatic hydroxyl groups is 1. The maximum atomic E-state index is 13.2. The molecule has 1 N–H and O–H groups in total. The number of carbonyl (C=O) groups excluding carboxylic acids is 2. The van der Waals surface area contributed by atoms with E-state index in [-0.39, 0.29) is 24.5 Å².